The van der Waals surface area contributed by atoms with Gasteiger partial charge in [-0.15, -0.1) is 0 Å². The van der Waals surface area contributed by atoms with Crippen molar-refractivity contribution in [3.05, 3.63) is 12.2 Å². The molecule has 0 aromatic carbocycles. The smallest absolute Gasteiger partial charge is 0.327 e. The molecule has 1 aliphatic carbocycles. The van der Waals surface area contributed by atoms with Crippen LogP contribution in [0.2, 0.25) is 0 Å². The lowest BCUT2D eigenvalue weighted by Gasteiger charge is -2.27. The van der Waals surface area contributed by atoms with Gasteiger partial charge in [-0.2, -0.15) is 0 Å². The van der Waals surface area contributed by atoms with E-state index in [1.807, 2.05) is 6.08 Å². The van der Waals surface area contributed by atoms with E-state index in [-0.39, 0.29) is 5.41 Å². The van der Waals surface area contributed by atoms with Crippen LogP contribution >= 0.6 is 0 Å². The molecule has 0 aliphatic heterocycles. The molecule has 0 radical (unpaired) electrons. The van der Waals surface area contributed by atoms with Gasteiger partial charge in [0.05, 0.1) is 0 Å². The summed E-state index contributed by atoms with van der Waals surface area (Å²) in [4.78, 5) is 10.5. The summed E-state index contributed by atoms with van der Waals surface area (Å²) in [7, 11) is 0. The molecule has 1 aliphatic rings. The number of carbonyl (C=O) groups is 1. The van der Waals surface area contributed by atoms with Gasteiger partial charge < -0.3 is 5.11 Å². The van der Waals surface area contributed by atoms with Crippen LogP contribution in [0.3, 0.4) is 0 Å². The number of carboxylic acids is 1. The molecule has 0 atom stereocenters. The van der Waals surface area contributed by atoms with Gasteiger partial charge in [-0.25, -0.2) is 4.79 Å². The van der Waals surface area contributed by atoms with Gasteiger partial charge in [0.1, 0.15) is 0 Å². The van der Waals surface area contributed by atoms with E-state index in [9.17, 15) is 4.79 Å². The van der Waals surface area contributed by atoms with E-state index in [0.29, 0.717) is 0 Å². The average molecular weight is 196 g/mol. The fourth-order valence-corrected chi connectivity index (χ4v) is 2.32. The van der Waals surface area contributed by atoms with Crippen LogP contribution in [-0.4, -0.2) is 11.1 Å². The maximum Gasteiger partial charge on any atom is 0.327 e. The fourth-order valence-electron chi connectivity index (χ4n) is 2.32. The molecule has 0 heterocycles. The van der Waals surface area contributed by atoms with E-state index in [1.54, 1.807) is 0 Å². The van der Waals surface area contributed by atoms with Crippen molar-refractivity contribution in [2.24, 2.45) is 5.41 Å². The molecule has 2 nitrogen and oxygen atoms in total. The summed E-state index contributed by atoms with van der Waals surface area (Å²) in [6.07, 6.45) is 11.8. The highest BCUT2D eigenvalue weighted by atomic mass is 16.4. The van der Waals surface area contributed by atoms with E-state index in [2.05, 4.69) is 6.92 Å². The summed E-state index contributed by atoms with van der Waals surface area (Å²) in [6.45, 7) is 2.16. The second-order valence-electron chi connectivity index (χ2n) is 4.30. The van der Waals surface area contributed by atoms with Crippen molar-refractivity contribution in [3.63, 3.8) is 0 Å². The van der Waals surface area contributed by atoms with Crippen LogP contribution in [-0.2, 0) is 4.79 Å². The van der Waals surface area contributed by atoms with Crippen LogP contribution < -0.4 is 0 Å². The number of hydrogen-bond acceptors (Lipinski definition) is 1. The highest BCUT2D eigenvalue weighted by Gasteiger charge is 2.26. The fraction of sp³-hybridized carbons (Fsp3) is 0.750. The van der Waals surface area contributed by atoms with Crippen molar-refractivity contribution in [1.82, 2.24) is 0 Å². The van der Waals surface area contributed by atoms with Gasteiger partial charge in [0.25, 0.3) is 0 Å². The highest BCUT2D eigenvalue weighted by molar-refractivity contribution is 5.79. The van der Waals surface area contributed by atoms with Gasteiger partial charge in [0, 0.05) is 6.08 Å². The van der Waals surface area contributed by atoms with Crippen LogP contribution in [0.4, 0.5) is 0 Å². The van der Waals surface area contributed by atoms with Crippen LogP contribution in [0.15, 0.2) is 12.2 Å². The molecule has 14 heavy (non-hydrogen) atoms. The average Bonchev–Trinajstić information content (AvgIpc) is 2.41. The largest absolute Gasteiger partial charge is 0.478 e. The van der Waals surface area contributed by atoms with Crippen molar-refractivity contribution < 1.29 is 9.90 Å². The molecule has 1 fully saturated rings. The SMILES string of the molecule is CCC1(C=CC(=O)O)CCCCCC1. The lowest BCUT2D eigenvalue weighted by Crippen LogP contribution is -2.16. The summed E-state index contributed by atoms with van der Waals surface area (Å²) >= 11 is 0. The zero-order valence-corrected chi connectivity index (χ0v) is 8.96. The Morgan fingerprint density at radius 3 is 2.29 bits per heavy atom. The Kier molecular flexibility index (Phi) is 4.18. The maximum atomic E-state index is 10.5. The Hall–Kier alpha value is -0.790. The lowest BCUT2D eigenvalue weighted by atomic mass is 9.78. The molecule has 1 saturated carbocycles. The van der Waals surface area contributed by atoms with Crippen LogP contribution in [0.1, 0.15) is 51.9 Å². The number of carboxylic acid groups (broad SMARTS) is 1. The maximum absolute atomic E-state index is 10.5. The topological polar surface area (TPSA) is 37.3 Å². The zero-order chi connectivity index (χ0) is 10.4. The second-order valence-corrected chi connectivity index (χ2v) is 4.30. The summed E-state index contributed by atoms with van der Waals surface area (Å²) in [6, 6.07) is 0. The van der Waals surface area contributed by atoms with Gasteiger partial charge in [-0.3, -0.25) is 0 Å². The van der Waals surface area contributed by atoms with E-state index >= 15 is 0 Å². The molecule has 0 aromatic heterocycles. The minimum Gasteiger partial charge on any atom is -0.478 e. The summed E-state index contributed by atoms with van der Waals surface area (Å²) in [5.74, 6) is -0.818. The molecule has 0 amide bonds. The first kappa shape index (κ1) is 11.3. The standard InChI is InChI=1S/C12H20O2/c1-2-12(10-7-11(13)14)8-5-3-4-6-9-12/h7,10H,2-6,8-9H2,1H3,(H,13,14). The summed E-state index contributed by atoms with van der Waals surface area (Å²) < 4.78 is 0. The number of allylic oxidation sites excluding steroid dienone is 1. The summed E-state index contributed by atoms with van der Waals surface area (Å²) in [5, 5.41) is 8.64. The predicted octanol–water partition coefficient (Wildman–Crippen LogP) is 3.38. The minimum atomic E-state index is -0.818. The normalized spacial score (nSPS) is 22.1. The molecule has 1 N–H and O–H groups in total. The molecular weight excluding hydrogens is 176 g/mol. The third-order valence-electron chi connectivity index (χ3n) is 3.38. The third kappa shape index (κ3) is 3.17. The van der Waals surface area contributed by atoms with Gasteiger partial charge in [0.2, 0.25) is 0 Å². The Morgan fingerprint density at radius 2 is 1.86 bits per heavy atom. The molecular formula is C12H20O2. The van der Waals surface area contributed by atoms with Crippen molar-refractivity contribution in [2.75, 3.05) is 0 Å². The number of rotatable bonds is 3. The van der Waals surface area contributed by atoms with E-state index < -0.39 is 5.97 Å². The highest BCUT2D eigenvalue weighted by Crippen LogP contribution is 2.39. The molecule has 1 rings (SSSR count). The number of aliphatic carboxylic acids is 1. The van der Waals surface area contributed by atoms with Crippen LogP contribution in [0.5, 0.6) is 0 Å². The van der Waals surface area contributed by atoms with E-state index in [1.165, 1.54) is 31.8 Å². The Bertz CT molecular complexity index is 210. The second kappa shape index (κ2) is 5.18. The molecule has 0 saturated heterocycles. The van der Waals surface area contributed by atoms with Crippen molar-refractivity contribution in [2.45, 2.75) is 51.9 Å². The van der Waals surface area contributed by atoms with E-state index in [4.69, 9.17) is 5.11 Å². The van der Waals surface area contributed by atoms with Crippen molar-refractivity contribution in [1.29, 1.82) is 0 Å². The van der Waals surface area contributed by atoms with Gasteiger partial charge >= 0.3 is 5.97 Å². The van der Waals surface area contributed by atoms with Crippen molar-refractivity contribution >= 4 is 5.97 Å². The lowest BCUT2D eigenvalue weighted by molar-refractivity contribution is -0.131. The number of hydrogen-bond donors (Lipinski definition) is 1. The molecule has 0 aromatic rings. The minimum absolute atomic E-state index is 0.175. The Balaban J connectivity index is 2.67. The third-order valence-corrected chi connectivity index (χ3v) is 3.38. The quantitative estimate of drug-likeness (QED) is 0.555. The molecule has 2 heteroatoms. The first-order chi connectivity index (χ1) is 6.68. The monoisotopic (exact) mass is 196 g/mol. The van der Waals surface area contributed by atoms with Crippen LogP contribution in [0.25, 0.3) is 0 Å². The Morgan fingerprint density at radius 1 is 1.29 bits per heavy atom. The van der Waals surface area contributed by atoms with Gasteiger partial charge in [-0.05, 0) is 24.7 Å². The predicted molar refractivity (Wildman–Crippen MR) is 57.2 cm³/mol. The van der Waals surface area contributed by atoms with E-state index in [0.717, 1.165) is 19.3 Å². The first-order valence-corrected chi connectivity index (χ1v) is 5.61. The zero-order valence-electron chi connectivity index (χ0n) is 8.96. The van der Waals surface area contributed by atoms with Crippen LogP contribution in [0, 0.1) is 5.41 Å². The molecule has 80 valence electrons. The van der Waals surface area contributed by atoms with Gasteiger partial charge in [-0.1, -0.05) is 38.7 Å². The van der Waals surface area contributed by atoms with Crippen molar-refractivity contribution in [3.8, 4) is 0 Å². The molecule has 0 unspecified atom stereocenters. The first-order valence-electron chi connectivity index (χ1n) is 5.61. The molecule has 0 spiro atoms. The Labute approximate surface area is 86.0 Å². The summed E-state index contributed by atoms with van der Waals surface area (Å²) in [5.41, 5.74) is 0.175. The van der Waals surface area contributed by atoms with Gasteiger partial charge in [0.15, 0.2) is 0 Å². The molecule has 0 bridgehead atoms.